The van der Waals surface area contributed by atoms with Gasteiger partial charge in [-0.2, -0.15) is 5.10 Å². The summed E-state index contributed by atoms with van der Waals surface area (Å²) in [5.74, 6) is 0.492. The third kappa shape index (κ3) is 4.33. The first-order chi connectivity index (χ1) is 7.74. The monoisotopic (exact) mass is 224 g/mol. The molecular formula is C11H20N4O. The normalized spacial score (nSPS) is 10.3. The van der Waals surface area contributed by atoms with E-state index in [9.17, 15) is 4.79 Å². The van der Waals surface area contributed by atoms with Crippen LogP contribution in [0.5, 0.6) is 0 Å². The van der Waals surface area contributed by atoms with E-state index in [1.54, 1.807) is 0 Å². The Labute approximate surface area is 95.8 Å². The number of hydrogen-bond acceptors (Lipinski definition) is 3. The van der Waals surface area contributed by atoms with E-state index in [2.05, 4.69) is 22.4 Å². The van der Waals surface area contributed by atoms with Gasteiger partial charge in [-0.25, -0.2) is 0 Å². The van der Waals surface area contributed by atoms with Gasteiger partial charge < -0.3 is 11.1 Å². The first-order valence-electron chi connectivity index (χ1n) is 5.82. The molecule has 4 N–H and O–H groups in total. The number of nitrogens with zero attached hydrogens (tertiary/aromatic N) is 1. The Morgan fingerprint density at radius 2 is 2.19 bits per heavy atom. The molecule has 0 aliphatic heterocycles. The van der Waals surface area contributed by atoms with Gasteiger partial charge in [0.15, 0.2) is 5.82 Å². The molecule has 0 aliphatic rings. The van der Waals surface area contributed by atoms with Crippen LogP contribution in [0.4, 0.5) is 11.5 Å². The summed E-state index contributed by atoms with van der Waals surface area (Å²) in [6, 6.07) is 0. The molecule has 16 heavy (non-hydrogen) atoms. The minimum atomic E-state index is -0.00699. The van der Waals surface area contributed by atoms with Crippen LogP contribution in [0.15, 0.2) is 6.20 Å². The molecule has 0 aromatic carbocycles. The summed E-state index contributed by atoms with van der Waals surface area (Å²) in [5, 5.41) is 9.07. The number of H-pyrrole nitrogens is 1. The van der Waals surface area contributed by atoms with E-state index in [0.717, 1.165) is 12.8 Å². The number of aromatic amines is 1. The van der Waals surface area contributed by atoms with Crippen molar-refractivity contribution in [1.29, 1.82) is 0 Å². The number of carbonyl (C=O) groups is 1. The molecule has 1 amide bonds. The SMILES string of the molecule is CCCCCCCC(=O)Nc1[nH]ncc1N. The van der Waals surface area contributed by atoms with Crippen molar-refractivity contribution >= 4 is 17.4 Å². The van der Waals surface area contributed by atoms with Gasteiger partial charge in [0.25, 0.3) is 0 Å². The average molecular weight is 224 g/mol. The van der Waals surface area contributed by atoms with Gasteiger partial charge in [-0.05, 0) is 6.42 Å². The zero-order valence-electron chi connectivity index (χ0n) is 9.75. The Morgan fingerprint density at radius 1 is 1.44 bits per heavy atom. The molecule has 0 saturated carbocycles. The molecule has 0 bridgehead atoms. The van der Waals surface area contributed by atoms with Crippen LogP contribution in [-0.4, -0.2) is 16.1 Å². The van der Waals surface area contributed by atoms with E-state index in [4.69, 9.17) is 5.73 Å². The first-order valence-corrected chi connectivity index (χ1v) is 5.82. The topological polar surface area (TPSA) is 83.8 Å². The number of rotatable bonds is 7. The second kappa shape index (κ2) is 6.87. The largest absolute Gasteiger partial charge is 0.394 e. The second-order valence-electron chi connectivity index (χ2n) is 3.91. The van der Waals surface area contributed by atoms with Crippen LogP contribution in [0.1, 0.15) is 45.4 Å². The Balaban J connectivity index is 2.14. The predicted octanol–water partition coefficient (Wildman–Crippen LogP) is 2.29. The standard InChI is InChI=1S/C11H20N4O/c1-2-3-4-5-6-7-10(16)14-11-9(12)8-13-15-11/h8H,2-7,12H2,1H3,(H2,13,14,15,16). The second-order valence-corrected chi connectivity index (χ2v) is 3.91. The van der Waals surface area contributed by atoms with Crippen molar-refractivity contribution in [3.8, 4) is 0 Å². The van der Waals surface area contributed by atoms with Gasteiger partial charge in [-0.15, -0.1) is 0 Å². The predicted molar refractivity (Wildman–Crippen MR) is 65.0 cm³/mol. The van der Waals surface area contributed by atoms with Gasteiger partial charge in [0.1, 0.15) is 0 Å². The molecule has 1 rings (SSSR count). The maximum atomic E-state index is 11.5. The van der Waals surface area contributed by atoms with Gasteiger partial charge in [0.05, 0.1) is 11.9 Å². The fraction of sp³-hybridized carbons (Fsp3) is 0.636. The zero-order valence-corrected chi connectivity index (χ0v) is 9.75. The molecule has 0 radical (unpaired) electrons. The lowest BCUT2D eigenvalue weighted by molar-refractivity contribution is -0.116. The Bertz CT molecular complexity index is 322. The van der Waals surface area contributed by atoms with Crippen molar-refractivity contribution in [1.82, 2.24) is 10.2 Å². The highest BCUT2D eigenvalue weighted by Gasteiger charge is 2.05. The molecule has 0 fully saturated rings. The summed E-state index contributed by atoms with van der Waals surface area (Å²) < 4.78 is 0. The molecule has 0 saturated heterocycles. The lowest BCUT2D eigenvalue weighted by Gasteiger charge is -2.03. The van der Waals surface area contributed by atoms with Crippen LogP contribution in [-0.2, 0) is 4.79 Å². The van der Waals surface area contributed by atoms with Gasteiger partial charge in [0.2, 0.25) is 5.91 Å². The van der Waals surface area contributed by atoms with Crippen LogP contribution in [0.2, 0.25) is 0 Å². The maximum Gasteiger partial charge on any atom is 0.225 e. The fourth-order valence-electron chi connectivity index (χ4n) is 1.49. The summed E-state index contributed by atoms with van der Waals surface area (Å²) in [7, 11) is 0. The molecular weight excluding hydrogens is 204 g/mol. The van der Waals surface area contributed by atoms with Gasteiger partial charge in [-0.3, -0.25) is 9.89 Å². The van der Waals surface area contributed by atoms with Crippen LogP contribution < -0.4 is 11.1 Å². The van der Waals surface area contributed by atoms with E-state index in [1.807, 2.05) is 0 Å². The Kier molecular flexibility index (Phi) is 5.39. The van der Waals surface area contributed by atoms with Crippen molar-refractivity contribution < 1.29 is 4.79 Å². The maximum absolute atomic E-state index is 11.5. The molecule has 0 aliphatic carbocycles. The van der Waals surface area contributed by atoms with Crippen molar-refractivity contribution in [3.63, 3.8) is 0 Å². The quantitative estimate of drug-likeness (QED) is 0.621. The first kappa shape index (κ1) is 12.5. The van der Waals surface area contributed by atoms with E-state index in [0.29, 0.717) is 17.9 Å². The van der Waals surface area contributed by atoms with Gasteiger partial charge in [-0.1, -0.05) is 32.6 Å². The number of nitrogens with one attached hydrogen (secondary N) is 2. The van der Waals surface area contributed by atoms with E-state index < -0.39 is 0 Å². The molecule has 90 valence electrons. The third-order valence-electron chi connectivity index (χ3n) is 2.44. The molecule has 5 nitrogen and oxygen atoms in total. The summed E-state index contributed by atoms with van der Waals surface area (Å²) in [5.41, 5.74) is 6.05. The summed E-state index contributed by atoms with van der Waals surface area (Å²) in [6.07, 6.45) is 7.74. The minimum absolute atomic E-state index is 0.00699. The molecule has 1 aromatic rings. The number of amides is 1. The zero-order chi connectivity index (χ0) is 11.8. The highest BCUT2D eigenvalue weighted by atomic mass is 16.1. The van der Waals surface area contributed by atoms with Crippen LogP contribution in [0.3, 0.4) is 0 Å². The average Bonchev–Trinajstić information content (AvgIpc) is 2.64. The van der Waals surface area contributed by atoms with Crippen molar-refractivity contribution in [2.45, 2.75) is 45.4 Å². The highest BCUT2D eigenvalue weighted by molar-refractivity contribution is 5.92. The van der Waals surface area contributed by atoms with E-state index >= 15 is 0 Å². The number of nitrogen functional groups attached to an aromatic ring is 1. The minimum Gasteiger partial charge on any atom is -0.394 e. The van der Waals surface area contributed by atoms with E-state index in [1.165, 1.54) is 25.5 Å². The number of carbonyl (C=O) groups excluding carboxylic acids is 1. The molecule has 0 unspecified atom stereocenters. The Morgan fingerprint density at radius 3 is 2.81 bits per heavy atom. The lowest BCUT2D eigenvalue weighted by Crippen LogP contribution is -2.12. The van der Waals surface area contributed by atoms with E-state index in [-0.39, 0.29) is 5.91 Å². The summed E-state index contributed by atoms with van der Waals surface area (Å²) >= 11 is 0. The Hall–Kier alpha value is -1.52. The smallest absolute Gasteiger partial charge is 0.225 e. The molecule has 1 aromatic heterocycles. The van der Waals surface area contributed by atoms with Crippen molar-refractivity contribution in [3.05, 3.63) is 6.20 Å². The van der Waals surface area contributed by atoms with Gasteiger partial charge in [0, 0.05) is 6.42 Å². The van der Waals surface area contributed by atoms with Crippen LogP contribution in [0, 0.1) is 0 Å². The third-order valence-corrected chi connectivity index (χ3v) is 2.44. The fourth-order valence-corrected chi connectivity index (χ4v) is 1.49. The van der Waals surface area contributed by atoms with Crippen LogP contribution >= 0.6 is 0 Å². The number of aromatic nitrogens is 2. The molecule has 5 heteroatoms. The summed E-state index contributed by atoms with van der Waals surface area (Å²) in [4.78, 5) is 11.5. The lowest BCUT2D eigenvalue weighted by atomic mass is 10.1. The number of anilines is 2. The van der Waals surface area contributed by atoms with Crippen molar-refractivity contribution in [2.75, 3.05) is 11.1 Å². The molecule has 0 atom stereocenters. The number of unbranched alkanes of at least 4 members (excludes halogenated alkanes) is 4. The molecule has 0 spiro atoms. The van der Waals surface area contributed by atoms with Crippen molar-refractivity contribution in [2.24, 2.45) is 0 Å². The number of nitrogens with two attached hydrogens (primary N) is 1. The highest BCUT2D eigenvalue weighted by Crippen LogP contribution is 2.13. The van der Waals surface area contributed by atoms with Gasteiger partial charge >= 0.3 is 0 Å². The summed E-state index contributed by atoms with van der Waals surface area (Å²) in [6.45, 7) is 2.17. The van der Waals surface area contributed by atoms with Crippen LogP contribution in [0.25, 0.3) is 0 Å². The number of hydrogen-bond donors (Lipinski definition) is 3. The molecule has 1 heterocycles.